The molecular weight excluding hydrogens is 307 g/mol. The molecule has 3 radical (unpaired) electrons. The minimum Gasteiger partial charge on any atom is -0.494 e. The van der Waals surface area contributed by atoms with Crippen molar-refractivity contribution in [3.63, 3.8) is 0 Å². The second kappa shape index (κ2) is 12.2. The van der Waals surface area contributed by atoms with Crippen LogP contribution < -0.4 is 4.74 Å². The average Bonchev–Trinajstić information content (AvgIpc) is 2.57. The molecule has 0 spiro atoms. The van der Waals surface area contributed by atoms with Crippen molar-refractivity contribution in [3.8, 4) is 5.75 Å². The first-order valence-electron chi connectivity index (χ1n) is 7.79. The van der Waals surface area contributed by atoms with Crippen LogP contribution in [0.15, 0.2) is 36.9 Å². The third kappa shape index (κ3) is 8.41. The summed E-state index contributed by atoms with van der Waals surface area (Å²) in [5, 5.41) is 0. The zero-order chi connectivity index (χ0) is 17.1. The standard InChI is InChI=1S/C18H24O5.B/c1-4-14(3)23-18(20)15-8-10-16(11-9-15)21-12-6-7-13-22-17(19)5-2;/h5,8-11,14H,2,4,6-7,12-13H2,1,3H3;. The second-order valence-electron chi connectivity index (χ2n) is 5.08. The van der Waals surface area contributed by atoms with E-state index in [0.717, 1.165) is 25.3 Å². The molecule has 1 atom stereocenters. The highest BCUT2D eigenvalue weighted by Crippen LogP contribution is 2.14. The van der Waals surface area contributed by atoms with Crippen molar-refractivity contribution < 1.29 is 23.8 Å². The highest BCUT2D eigenvalue weighted by Gasteiger charge is 2.10. The van der Waals surface area contributed by atoms with Gasteiger partial charge in [-0.25, -0.2) is 9.59 Å². The number of rotatable bonds is 10. The lowest BCUT2D eigenvalue weighted by atomic mass is 10.2. The smallest absolute Gasteiger partial charge is 0.338 e. The molecule has 0 N–H and O–H groups in total. The van der Waals surface area contributed by atoms with Gasteiger partial charge in [0.15, 0.2) is 0 Å². The third-order valence-electron chi connectivity index (χ3n) is 3.19. The van der Waals surface area contributed by atoms with Gasteiger partial charge in [0.05, 0.1) is 24.9 Å². The monoisotopic (exact) mass is 331 g/mol. The lowest BCUT2D eigenvalue weighted by Gasteiger charge is -2.11. The van der Waals surface area contributed by atoms with Crippen molar-refractivity contribution in [2.24, 2.45) is 0 Å². The molecule has 0 aliphatic heterocycles. The molecule has 0 amide bonds. The Morgan fingerprint density at radius 2 is 1.79 bits per heavy atom. The van der Waals surface area contributed by atoms with Crippen LogP contribution in [0.2, 0.25) is 0 Å². The van der Waals surface area contributed by atoms with Gasteiger partial charge in [-0.2, -0.15) is 0 Å². The zero-order valence-electron chi connectivity index (χ0n) is 14.3. The average molecular weight is 331 g/mol. The van der Waals surface area contributed by atoms with Gasteiger partial charge in [0.2, 0.25) is 0 Å². The van der Waals surface area contributed by atoms with Gasteiger partial charge in [-0.3, -0.25) is 0 Å². The Kier molecular flexibility index (Phi) is 11.1. The van der Waals surface area contributed by atoms with Crippen molar-refractivity contribution in [1.82, 2.24) is 0 Å². The van der Waals surface area contributed by atoms with Gasteiger partial charge in [-0.05, 0) is 50.5 Å². The van der Waals surface area contributed by atoms with Crippen LogP contribution in [0.1, 0.15) is 43.5 Å². The predicted molar refractivity (Wildman–Crippen MR) is 93.2 cm³/mol. The lowest BCUT2D eigenvalue weighted by molar-refractivity contribution is -0.137. The lowest BCUT2D eigenvalue weighted by Crippen LogP contribution is -2.13. The van der Waals surface area contributed by atoms with Crippen molar-refractivity contribution in [3.05, 3.63) is 42.5 Å². The number of carbonyl (C=O) groups excluding carboxylic acids is 2. The highest BCUT2D eigenvalue weighted by molar-refractivity contribution is 5.89. The Morgan fingerprint density at radius 3 is 2.38 bits per heavy atom. The van der Waals surface area contributed by atoms with Crippen molar-refractivity contribution in [1.29, 1.82) is 0 Å². The van der Waals surface area contributed by atoms with Crippen LogP contribution in [-0.2, 0) is 14.3 Å². The van der Waals surface area contributed by atoms with Crippen LogP contribution in [0.3, 0.4) is 0 Å². The molecule has 0 fully saturated rings. The van der Waals surface area contributed by atoms with Crippen LogP contribution >= 0.6 is 0 Å². The van der Waals surface area contributed by atoms with Crippen LogP contribution in [-0.4, -0.2) is 39.7 Å². The molecule has 0 aromatic heterocycles. The third-order valence-corrected chi connectivity index (χ3v) is 3.19. The Hall–Kier alpha value is -2.24. The Labute approximate surface area is 145 Å². The van der Waals surface area contributed by atoms with E-state index in [9.17, 15) is 9.59 Å². The maximum atomic E-state index is 11.8. The Balaban J connectivity index is 0.00000529. The summed E-state index contributed by atoms with van der Waals surface area (Å²) in [4.78, 5) is 22.7. The molecule has 1 rings (SSSR count). The van der Waals surface area contributed by atoms with E-state index in [1.54, 1.807) is 24.3 Å². The predicted octanol–water partition coefficient (Wildman–Crippen LogP) is 3.15. The van der Waals surface area contributed by atoms with Gasteiger partial charge in [0.25, 0.3) is 0 Å². The van der Waals surface area contributed by atoms with E-state index in [2.05, 4.69) is 6.58 Å². The minimum atomic E-state index is -0.411. The molecule has 1 unspecified atom stereocenters. The van der Waals surface area contributed by atoms with Crippen molar-refractivity contribution in [2.75, 3.05) is 13.2 Å². The minimum absolute atomic E-state index is 0. The number of hydrogen-bond donors (Lipinski definition) is 0. The molecule has 0 saturated carbocycles. The van der Waals surface area contributed by atoms with Gasteiger partial charge < -0.3 is 14.2 Å². The fourth-order valence-corrected chi connectivity index (χ4v) is 1.65. The maximum absolute atomic E-state index is 11.8. The topological polar surface area (TPSA) is 61.8 Å². The Bertz CT molecular complexity index is 513. The summed E-state index contributed by atoms with van der Waals surface area (Å²) in [5.41, 5.74) is 0.508. The van der Waals surface area contributed by atoms with E-state index in [1.807, 2.05) is 13.8 Å². The molecule has 6 heteroatoms. The summed E-state index contributed by atoms with van der Waals surface area (Å²) < 4.78 is 15.7. The summed E-state index contributed by atoms with van der Waals surface area (Å²) in [6, 6.07) is 6.85. The van der Waals surface area contributed by atoms with Gasteiger partial charge in [-0.15, -0.1) is 0 Å². The molecule has 0 aliphatic rings. The highest BCUT2D eigenvalue weighted by atomic mass is 16.5. The molecule has 0 saturated heterocycles. The van der Waals surface area contributed by atoms with E-state index < -0.39 is 5.97 Å². The van der Waals surface area contributed by atoms with E-state index in [-0.39, 0.29) is 20.5 Å². The first-order valence-corrected chi connectivity index (χ1v) is 7.79. The molecule has 1 aromatic rings. The molecule has 24 heavy (non-hydrogen) atoms. The number of benzene rings is 1. The molecule has 129 valence electrons. The van der Waals surface area contributed by atoms with Gasteiger partial charge in [0, 0.05) is 14.5 Å². The van der Waals surface area contributed by atoms with E-state index in [4.69, 9.17) is 14.2 Å². The first-order chi connectivity index (χ1) is 11.1. The number of carbonyl (C=O) groups is 2. The molecule has 5 nitrogen and oxygen atoms in total. The summed E-state index contributed by atoms with van der Waals surface area (Å²) >= 11 is 0. The fraction of sp³-hybridized carbons (Fsp3) is 0.444. The van der Waals surface area contributed by atoms with Crippen molar-refractivity contribution >= 4 is 20.4 Å². The number of esters is 2. The zero-order valence-corrected chi connectivity index (χ0v) is 14.3. The molecule has 0 aliphatic carbocycles. The van der Waals surface area contributed by atoms with E-state index in [0.29, 0.717) is 24.5 Å². The van der Waals surface area contributed by atoms with Crippen LogP contribution in [0.5, 0.6) is 5.75 Å². The van der Waals surface area contributed by atoms with Gasteiger partial charge in [0.1, 0.15) is 5.75 Å². The summed E-state index contributed by atoms with van der Waals surface area (Å²) in [6.45, 7) is 8.02. The molecule has 0 heterocycles. The number of ether oxygens (including phenoxy) is 3. The van der Waals surface area contributed by atoms with Gasteiger partial charge in [-0.1, -0.05) is 13.5 Å². The first kappa shape index (κ1) is 21.8. The summed E-state index contributed by atoms with van der Waals surface area (Å²) in [7, 11) is 0. The van der Waals surface area contributed by atoms with E-state index >= 15 is 0 Å². The SMILES string of the molecule is C=CC(=O)OCCCCOc1ccc(C(=O)OC(C)CC)cc1.[B]. The number of unbranched alkanes of at least 4 members (excludes halogenated alkanes) is 1. The van der Waals surface area contributed by atoms with Gasteiger partial charge >= 0.3 is 11.9 Å². The quantitative estimate of drug-likeness (QED) is 0.285. The molecule has 1 aromatic carbocycles. The maximum Gasteiger partial charge on any atom is 0.338 e. The second-order valence-corrected chi connectivity index (χ2v) is 5.08. The van der Waals surface area contributed by atoms with E-state index in [1.165, 1.54) is 0 Å². The summed E-state index contributed by atoms with van der Waals surface area (Å²) in [5.74, 6) is -0.0473. The molecule has 0 bridgehead atoms. The van der Waals surface area contributed by atoms with Crippen LogP contribution in [0.25, 0.3) is 0 Å². The van der Waals surface area contributed by atoms with Crippen molar-refractivity contribution in [2.45, 2.75) is 39.2 Å². The largest absolute Gasteiger partial charge is 0.494 e. The Morgan fingerprint density at radius 1 is 1.17 bits per heavy atom. The van der Waals surface area contributed by atoms with Crippen LogP contribution in [0.4, 0.5) is 0 Å². The number of hydrogen-bond acceptors (Lipinski definition) is 5. The van der Waals surface area contributed by atoms with Crippen LogP contribution in [0, 0.1) is 0 Å². The fourth-order valence-electron chi connectivity index (χ4n) is 1.65. The summed E-state index contributed by atoms with van der Waals surface area (Å²) in [6.07, 6.45) is 3.33. The normalized spacial score (nSPS) is 10.9. The molecular formula is C18H24BO5.